The third-order valence-corrected chi connectivity index (χ3v) is 8.74. The van der Waals surface area contributed by atoms with Crippen molar-refractivity contribution < 1.29 is 18.7 Å². The van der Waals surface area contributed by atoms with Crippen LogP contribution in [0, 0.1) is 11.2 Å². The van der Waals surface area contributed by atoms with Crippen molar-refractivity contribution in [1.82, 2.24) is 4.90 Å². The maximum absolute atomic E-state index is 13.8. The minimum absolute atomic E-state index is 0.0299. The molecule has 4 aromatic rings. The van der Waals surface area contributed by atoms with Gasteiger partial charge in [0.05, 0.1) is 27.2 Å². The van der Waals surface area contributed by atoms with E-state index in [0.717, 1.165) is 16.9 Å². The molecule has 0 bridgehead atoms. The Balaban J connectivity index is 1.21. The molecule has 2 aliphatic heterocycles. The van der Waals surface area contributed by atoms with Crippen molar-refractivity contribution in [1.29, 1.82) is 0 Å². The highest BCUT2D eigenvalue weighted by molar-refractivity contribution is 6.39. The third-order valence-electron chi connectivity index (χ3n) is 8.11. The number of rotatable bonds is 6. The van der Waals surface area contributed by atoms with Gasteiger partial charge in [0.1, 0.15) is 18.2 Å². The van der Waals surface area contributed by atoms with Crippen LogP contribution in [0.15, 0.2) is 97.1 Å². The van der Waals surface area contributed by atoms with Gasteiger partial charge in [-0.15, -0.1) is 0 Å². The minimum Gasteiger partial charge on any atom is -0.489 e. The average Bonchev–Trinajstić information content (AvgIpc) is 3.02. The Morgan fingerprint density at radius 2 is 1.52 bits per heavy atom. The largest absolute Gasteiger partial charge is 0.489 e. The average molecular weight is 605 g/mol. The van der Waals surface area contributed by atoms with Crippen LogP contribution in [0.2, 0.25) is 10.0 Å². The topological polar surface area (TPSA) is 61.9 Å². The van der Waals surface area contributed by atoms with Crippen molar-refractivity contribution in [3.8, 4) is 5.75 Å². The predicted octanol–water partition coefficient (Wildman–Crippen LogP) is 8.11. The molecule has 9 heteroatoms. The number of hydrogen-bond acceptors (Lipinski definition) is 3. The van der Waals surface area contributed by atoms with Crippen LogP contribution in [0.1, 0.15) is 30.0 Å². The van der Waals surface area contributed by atoms with Gasteiger partial charge in [0.2, 0.25) is 5.91 Å². The lowest BCUT2D eigenvalue weighted by Crippen LogP contribution is -2.67. The van der Waals surface area contributed by atoms with Gasteiger partial charge in [-0.3, -0.25) is 4.79 Å². The van der Waals surface area contributed by atoms with Crippen LogP contribution >= 0.6 is 23.2 Å². The molecule has 1 atom stereocenters. The van der Waals surface area contributed by atoms with Gasteiger partial charge in [0, 0.05) is 18.8 Å². The van der Waals surface area contributed by atoms with Crippen molar-refractivity contribution in [2.45, 2.75) is 25.5 Å². The number of piperidine rings is 1. The number of carbonyl (C=O) groups is 2. The highest BCUT2D eigenvalue weighted by Crippen LogP contribution is 2.57. The van der Waals surface area contributed by atoms with Crippen molar-refractivity contribution in [2.75, 3.05) is 23.3 Å². The SMILES string of the molecule is O=C(Nc1c(Cl)cccc1Cl)N1CCC2(CC1)C(=O)N(c1ccc(F)cc1)C2c1ccc(OCc2ccccc2)cc1. The second-order valence-corrected chi connectivity index (χ2v) is 11.4. The Bertz CT molecular complexity index is 1570. The summed E-state index contributed by atoms with van der Waals surface area (Å²) in [7, 11) is 0. The lowest BCUT2D eigenvalue weighted by atomic mass is 9.62. The molecule has 1 unspecified atom stereocenters. The molecule has 1 spiro atoms. The number of para-hydroxylation sites is 1. The first-order chi connectivity index (χ1) is 20.4. The van der Waals surface area contributed by atoms with Crippen LogP contribution in [0.25, 0.3) is 0 Å². The van der Waals surface area contributed by atoms with Crippen LogP contribution in [0.4, 0.5) is 20.6 Å². The molecular weight excluding hydrogens is 576 g/mol. The van der Waals surface area contributed by atoms with Crippen LogP contribution in [-0.4, -0.2) is 29.9 Å². The molecule has 2 heterocycles. The van der Waals surface area contributed by atoms with Gasteiger partial charge in [0.15, 0.2) is 0 Å². The molecule has 2 fully saturated rings. The van der Waals surface area contributed by atoms with E-state index in [4.69, 9.17) is 27.9 Å². The highest BCUT2D eigenvalue weighted by atomic mass is 35.5. The summed E-state index contributed by atoms with van der Waals surface area (Å²) in [6, 6.07) is 28.1. The van der Waals surface area contributed by atoms with E-state index in [-0.39, 0.29) is 23.8 Å². The second kappa shape index (κ2) is 11.7. The van der Waals surface area contributed by atoms with Gasteiger partial charge < -0.3 is 19.9 Å². The van der Waals surface area contributed by atoms with Crippen LogP contribution in [0.3, 0.4) is 0 Å². The van der Waals surface area contributed by atoms with Gasteiger partial charge in [-0.05, 0) is 72.5 Å². The molecule has 0 saturated carbocycles. The molecule has 4 aromatic carbocycles. The number of amides is 3. The van der Waals surface area contributed by atoms with E-state index in [2.05, 4.69) is 5.32 Å². The van der Waals surface area contributed by atoms with Gasteiger partial charge in [-0.2, -0.15) is 0 Å². The summed E-state index contributed by atoms with van der Waals surface area (Å²) in [5.74, 6) is 0.328. The molecule has 214 valence electrons. The zero-order chi connectivity index (χ0) is 29.3. The number of nitrogens with zero attached hydrogens (tertiary/aromatic N) is 2. The molecule has 2 aliphatic rings. The van der Waals surface area contributed by atoms with E-state index in [0.29, 0.717) is 54.0 Å². The van der Waals surface area contributed by atoms with Gasteiger partial charge >= 0.3 is 6.03 Å². The Labute approximate surface area is 253 Å². The maximum Gasteiger partial charge on any atom is 0.321 e. The number of benzene rings is 4. The molecule has 6 rings (SSSR count). The Morgan fingerprint density at radius 1 is 0.881 bits per heavy atom. The fourth-order valence-electron chi connectivity index (χ4n) is 5.88. The fourth-order valence-corrected chi connectivity index (χ4v) is 6.37. The molecule has 1 N–H and O–H groups in total. The van der Waals surface area contributed by atoms with E-state index < -0.39 is 5.41 Å². The van der Waals surface area contributed by atoms with E-state index in [1.807, 2.05) is 54.6 Å². The Kier molecular flexibility index (Phi) is 7.80. The van der Waals surface area contributed by atoms with Crippen molar-refractivity contribution in [3.05, 3.63) is 124 Å². The van der Waals surface area contributed by atoms with Crippen molar-refractivity contribution >= 4 is 46.5 Å². The quantitative estimate of drug-likeness (QED) is 0.226. The molecular formula is C33H28Cl2FN3O3. The Hall–Kier alpha value is -4.07. The molecule has 3 amide bonds. The van der Waals surface area contributed by atoms with Gasteiger partial charge in [-0.25, -0.2) is 9.18 Å². The number of carbonyl (C=O) groups excluding carboxylic acids is 2. The zero-order valence-electron chi connectivity index (χ0n) is 22.6. The van der Waals surface area contributed by atoms with E-state index >= 15 is 0 Å². The molecule has 2 saturated heterocycles. The number of ether oxygens (including phenoxy) is 1. The number of anilines is 2. The standard InChI is InChI=1S/C33H28Cl2FN3O3/c34-27-7-4-8-28(35)29(27)37-32(41)38-19-17-33(18-20-38)30(39(31(33)40)25-13-11-24(36)12-14-25)23-9-15-26(16-10-23)42-21-22-5-2-1-3-6-22/h1-16,30H,17-21H2,(H,37,41). The van der Waals surface area contributed by atoms with Crippen molar-refractivity contribution in [3.63, 3.8) is 0 Å². The summed E-state index contributed by atoms with van der Waals surface area (Å²) in [6.45, 7) is 1.21. The fraction of sp³-hybridized carbons (Fsp3) is 0.212. The summed E-state index contributed by atoms with van der Waals surface area (Å²) in [5, 5.41) is 3.52. The summed E-state index contributed by atoms with van der Waals surface area (Å²) in [6.07, 6.45) is 0.953. The number of likely N-dealkylation sites (tertiary alicyclic amines) is 1. The first-order valence-electron chi connectivity index (χ1n) is 13.7. The number of β-lactam (4-membered cyclic amide) rings is 1. The lowest BCUT2D eigenvalue weighted by molar-refractivity contribution is -0.144. The zero-order valence-corrected chi connectivity index (χ0v) is 24.1. The summed E-state index contributed by atoms with van der Waals surface area (Å²) < 4.78 is 19.7. The third kappa shape index (κ3) is 5.30. The van der Waals surface area contributed by atoms with Crippen LogP contribution in [-0.2, 0) is 11.4 Å². The van der Waals surface area contributed by atoms with Gasteiger partial charge in [0.25, 0.3) is 0 Å². The van der Waals surface area contributed by atoms with E-state index in [9.17, 15) is 14.0 Å². The smallest absolute Gasteiger partial charge is 0.321 e. The number of halogens is 3. The summed E-state index contributed by atoms with van der Waals surface area (Å²) in [5.41, 5.74) is 2.32. The van der Waals surface area contributed by atoms with Crippen LogP contribution < -0.4 is 15.0 Å². The molecule has 0 aliphatic carbocycles. The molecule has 42 heavy (non-hydrogen) atoms. The predicted molar refractivity (Wildman–Crippen MR) is 163 cm³/mol. The van der Waals surface area contributed by atoms with Crippen molar-refractivity contribution in [2.24, 2.45) is 5.41 Å². The minimum atomic E-state index is -0.695. The summed E-state index contributed by atoms with van der Waals surface area (Å²) >= 11 is 12.5. The number of nitrogens with one attached hydrogen (secondary N) is 1. The highest BCUT2D eigenvalue weighted by Gasteiger charge is 2.62. The molecule has 6 nitrogen and oxygen atoms in total. The van der Waals surface area contributed by atoms with E-state index in [1.165, 1.54) is 12.1 Å². The normalized spacial score (nSPS) is 17.6. The van der Waals surface area contributed by atoms with Crippen LogP contribution in [0.5, 0.6) is 5.75 Å². The molecule has 0 radical (unpaired) electrons. The lowest BCUT2D eigenvalue weighted by Gasteiger charge is -2.59. The van der Waals surface area contributed by atoms with Gasteiger partial charge in [-0.1, -0.05) is 71.7 Å². The summed E-state index contributed by atoms with van der Waals surface area (Å²) in [4.78, 5) is 30.4. The first kappa shape index (κ1) is 28.1. The first-order valence-corrected chi connectivity index (χ1v) is 14.5. The monoisotopic (exact) mass is 603 g/mol. The second-order valence-electron chi connectivity index (χ2n) is 10.6. The molecule has 0 aromatic heterocycles. The number of hydrogen-bond donors (Lipinski definition) is 1. The van der Waals surface area contributed by atoms with E-state index in [1.54, 1.807) is 40.1 Å². The number of urea groups is 1. The maximum atomic E-state index is 13.8. The Morgan fingerprint density at radius 3 is 2.17 bits per heavy atom.